The highest BCUT2D eigenvalue weighted by Crippen LogP contribution is 2.44. The molecule has 0 amide bonds. The Labute approximate surface area is 228 Å². The van der Waals surface area contributed by atoms with E-state index in [9.17, 15) is 0 Å². The summed E-state index contributed by atoms with van der Waals surface area (Å²) in [6, 6.07) is 22.1. The van der Waals surface area contributed by atoms with E-state index in [1.165, 1.54) is 0 Å². The third-order valence-corrected chi connectivity index (χ3v) is 7.46. The zero-order valence-corrected chi connectivity index (χ0v) is 23.1. The summed E-state index contributed by atoms with van der Waals surface area (Å²) in [7, 11) is 5.75. The molecule has 0 saturated carbocycles. The molecule has 0 aliphatic carbocycles. The number of rotatable bonds is 6. The number of nitrogens with one attached hydrogen (secondary N) is 1. The summed E-state index contributed by atoms with van der Waals surface area (Å²) < 4.78 is 7.89. The van der Waals surface area contributed by atoms with Crippen LogP contribution in [0, 0.1) is 13.8 Å². The smallest absolute Gasteiger partial charge is 0.174 e. The van der Waals surface area contributed by atoms with Gasteiger partial charge in [0, 0.05) is 48.1 Å². The first-order valence-electron chi connectivity index (χ1n) is 12.1. The molecule has 2 aromatic heterocycles. The Balaban J connectivity index is 1.68. The van der Waals surface area contributed by atoms with Gasteiger partial charge in [0.2, 0.25) is 0 Å². The molecule has 0 spiro atoms. The number of aromatic nitrogens is 2. The minimum atomic E-state index is -0.127. The van der Waals surface area contributed by atoms with Gasteiger partial charge in [0.05, 0.1) is 30.6 Å². The second-order valence-corrected chi connectivity index (χ2v) is 10.2. The number of anilines is 2. The van der Waals surface area contributed by atoms with E-state index in [0.717, 1.165) is 45.5 Å². The van der Waals surface area contributed by atoms with E-state index in [0.29, 0.717) is 10.1 Å². The standard InChI is InChI=1S/C29H30ClN5OS/c1-18-16-23(19(2)34(18)25-17-20(30)9-14-26(25)36-5)28-27(24-8-6-7-15-31-24)32-29(37)35(28)22-12-10-21(11-13-22)33(3)4/h6-17,27-28H,1-5H3,(H,32,37). The van der Waals surface area contributed by atoms with E-state index in [-0.39, 0.29) is 12.1 Å². The predicted molar refractivity (Wildman–Crippen MR) is 156 cm³/mol. The van der Waals surface area contributed by atoms with Crippen molar-refractivity contribution in [2.75, 3.05) is 31.0 Å². The van der Waals surface area contributed by atoms with Crippen LogP contribution >= 0.6 is 23.8 Å². The van der Waals surface area contributed by atoms with Crippen molar-refractivity contribution in [2.24, 2.45) is 0 Å². The number of hydrogen-bond donors (Lipinski definition) is 1. The fourth-order valence-corrected chi connectivity index (χ4v) is 5.67. The van der Waals surface area contributed by atoms with Crippen LogP contribution in [0.4, 0.5) is 11.4 Å². The molecule has 3 heterocycles. The van der Waals surface area contributed by atoms with Crippen LogP contribution in [-0.4, -0.2) is 35.9 Å². The van der Waals surface area contributed by atoms with Crippen molar-refractivity contribution < 1.29 is 4.74 Å². The normalized spacial score (nSPS) is 17.1. The molecular weight excluding hydrogens is 502 g/mol. The molecule has 5 rings (SSSR count). The maximum atomic E-state index is 6.41. The Morgan fingerprint density at radius 1 is 1.03 bits per heavy atom. The lowest BCUT2D eigenvalue weighted by atomic mass is 9.96. The van der Waals surface area contributed by atoms with Crippen LogP contribution in [-0.2, 0) is 0 Å². The summed E-state index contributed by atoms with van der Waals surface area (Å²) >= 11 is 12.3. The molecule has 1 saturated heterocycles. The molecule has 1 aliphatic rings. The Kier molecular flexibility index (Phi) is 6.84. The number of aryl methyl sites for hydroxylation is 1. The summed E-state index contributed by atoms with van der Waals surface area (Å²) in [4.78, 5) is 8.98. The first kappa shape index (κ1) is 25.1. The predicted octanol–water partition coefficient (Wildman–Crippen LogP) is 6.39. The van der Waals surface area contributed by atoms with E-state index in [1.807, 2.05) is 56.7 Å². The molecule has 0 bridgehead atoms. The van der Waals surface area contributed by atoms with E-state index in [2.05, 4.69) is 63.9 Å². The Bertz CT molecular complexity index is 1430. The molecule has 37 heavy (non-hydrogen) atoms. The van der Waals surface area contributed by atoms with Gasteiger partial charge in [0.1, 0.15) is 5.75 Å². The number of hydrogen-bond acceptors (Lipinski definition) is 4. The fourth-order valence-electron chi connectivity index (χ4n) is 5.16. The van der Waals surface area contributed by atoms with Gasteiger partial charge in [-0.25, -0.2) is 0 Å². The largest absolute Gasteiger partial charge is 0.495 e. The summed E-state index contributed by atoms with van der Waals surface area (Å²) in [5, 5.41) is 4.89. The molecule has 0 radical (unpaired) electrons. The number of methoxy groups -OCH3 is 1. The van der Waals surface area contributed by atoms with Crippen molar-refractivity contribution in [3.8, 4) is 11.4 Å². The molecular formula is C29H30ClN5OS. The number of halogens is 1. The number of thiocarbonyl (C=S) groups is 1. The molecule has 4 aromatic rings. The van der Waals surface area contributed by atoms with E-state index < -0.39 is 0 Å². The Morgan fingerprint density at radius 2 is 1.78 bits per heavy atom. The SMILES string of the molecule is COc1ccc(Cl)cc1-n1c(C)cc(C2C(c3ccccn3)NC(=S)N2c2ccc(N(C)C)cc2)c1C. The van der Waals surface area contributed by atoms with Gasteiger partial charge in [0.25, 0.3) is 0 Å². The van der Waals surface area contributed by atoms with E-state index in [4.69, 9.17) is 33.5 Å². The summed E-state index contributed by atoms with van der Waals surface area (Å²) in [5.74, 6) is 0.759. The molecule has 8 heteroatoms. The number of ether oxygens (including phenoxy) is 1. The van der Waals surface area contributed by atoms with Crippen LogP contribution in [0.5, 0.6) is 5.75 Å². The van der Waals surface area contributed by atoms with Crippen molar-refractivity contribution in [1.82, 2.24) is 14.9 Å². The van der Waals surface area contributed by atoms with Crippen LogP contribution in [0.15, 0.2) is 72.9 Å². The number of pyridine rings is 1. The third kappa shape index (κ3) is 4.54. The van der Waals surface area contributed by atoms with Gasteiger partial charge in [0.15, 0.2) is 5.11 Å². The topological polar surface area (TPSA) is 45.6 Å². The van der Waals surface area contributed by atoms with Gasteiger partial charge in [-0.15, -0.1) is 0 Å². The van der Waals surface area contributed by atoms with Crippen molar-refractivity contribution >= 4 is 40.3 Å². The van der Waals surface area contributed by atoms with Gasteiger partial charge in [-0.1, -0.05) is 17.7 Å². The lowest BCUT2D eigenvalue weighted by molar-refractivity contribution is 0.412. The van der Waals surface area contributed by atoms with Crippen molar-refractivity contribution in [2.45, 2.75) is 25.9 Å². The molecule has 1 aliphatic heterocycles. The van der Waals surface area contributed by atoms with Crippen LogP contribution < -0.4 is 19.9 Å². The second-order valence-electron chi connectivity index (χ2n) is 9.39. The first-order chi connectivity index (χ1) is 17.8. The van der Waals surface area contributed by atoms with Crippen LogP contribution in [0.3, 0.4) is 0 Å². The van der Waals surface area contributed by atoms with Gasteiger partial charge in [-0.05, 0) is 92.3 Å². The summed E-state index contributed by atoms with van der Waals surface area (Å²) in [6.07, 6.45) is 1.83. The van der Waals surface area contributed by atoms with E-state index >= 15 is 0 Å². The zero-order chi connectivity index (χ0) is 26.3. The minimum Gasteiger partial charge on any atom is -0.495 e. The fraction of sp³-hybridized carbons (Fsp3) is 0.241. The third-order valence-electron chi connectivity index (χ3n) is 6.91. The van der Waals surface area contributed by atoms with Crippen molar-refractivity contribution in [1.29, 1.82) is 0 Å². The Morgan fingerprint density at radius 3 is 2.43 bits per heavy atom. The average Bonchev–Trinajstić information content (AvgIpc) is 3.39. The monoisotopic (exact) mass is 531 g/mol. The highest BCUT2D eigenvalue weighted by atomic mass is 35.5. The van der Waals surface area contributed by atoms with Crippen LogP contribution in [0.1, 0.15) is 34.7 Å². The van der Waals surface area contributed by atoms with Gasteiger partial charge < -0.3 is 24.4 Å². The van der Waals surface area contributed by atoms with Crippen molar-refractivity contribution in [3.63, 3.8) is 0 Å². The summed E-state index contributed by atoms with van der Waals surface area (Å²) in [6.45, 7) is 4.23. The van der Waals surface area contributed by atoms with Gasteiger partial charge in [-0.3, -0.25) is 4.98 Å². The van der Waals surface area contributed by atoms with Crippen LogP contribution in [0.2, 0.25) is 5.02 Å². The quantitative estimate of drug-likeness (QED) is 0.291. The van der Waals surface area contributed by atoms with E-state index in [1.54, 1.807) is 7.11 Å². The minimum absolute atomic E-state index is 0.113. The highest BCUT2D eigenvalue weighted by molar-refractivity contribution is 7.80. The lowest BCUT2D eigenvalue weighted by Crippen LogP contribution is -2.29. The molecule has 2 aromatic carbocycles. The van der Waals surface area contributed by atoms with Crippen molar-refractivity contribution in [3.05, 3.63) is 101 Å². The maximum absolute atomic E-state index is 6.41. The highest BCUT2D eigenvalue weighted by Gasteiger charge is 2.42. The number of nitrogens with zero attached hydrogens (tertiary/aromatic N) is 4. The lowest BCUT2D eigenvalue weighted by Gasteiger charge is -2.28. The second kappa shape index (κ2) is 10.1. The van der Waals surface area contributed by atoms with Gasteiger partial charge in [-0.2, -0.15) is 0 Å². The molecule has 2 atom stereocenters. The summed E-state index contributed by atoms with van der Waals surface area (Å²) in [5.41, 5.74) is 7.31. The van der Waals surface area contributed by atoms with Crippen LogP contribution in [0.25, 0.3) is 5.69 Å². The molecule has 1 N–H and O–H groups in total. The average molecular weight is 532 g/mol. The number of benzene rings is 2. The molecule has 2 unspecified atom stereocenters. The zero-order valence-electron chi connectivity index (χ0n) is 21.6. The van der Waals surface area contributed by atoms with Gasteiger partial charge >= 0.3 is 0 Å². The first-order valence-corrected chi connectivity index (χ1v) is 12.9. The molecule has 190 valence electrons. The Hall–Kier alpha value is -3.55. The maximum Gasteiger partial charge on any atom is 0.174 e. The molecule has 1 fully saturated rings. The molecule has 6 nitrogen and oxygen atoms in total.